The second-order valence-electron chi connectivity index (χ2n) is 2.34. The average molecular weight is 202 g/mol. The Morgan fingerprint density at radius 1 is 1.36 bits per heavy atom. The first-order chi connectivity index (χ1) is 4.30. The minimum atomic E-state index is -0.713. The molecule has 0 aromatic carbocycles. The van der Waals surface area contributed by atoms with Crippen molar-refractivity contribution in [1.82, 2.24) is 5.32 Å². The molecule has 0 aromatic rings. The van der Waals surface area contributed by atoms with Crippen LogP contribution in [0.25, 0.3) is 0 Å². The van der Waals surface area contributed by atoms with E-state index >= 15 is 0 Å². The molecule has 11 heavy (non-hydrogen) atoms. The molecule has 0 aliphatic carbocycles. The number of carboxylic acids is 1. The van der Waals surface area contributed by atoms with Crippen molar-refractivity contribution in [3.8, 4) is 0 Å². The predicted octanol–water partition coefficient (Wildman–Crippen LogP) is 1.06. The lowest BCUT2D eigenvalue weighted by Gasteiger charge is -2.18. The third-order valence-electron chi connectivity index (χ3n) is 1.61. The van der Waals surface area contributed by atoms with E-state index in [1.54, 1.807) is 0 Å². The van der Waals surface area contributed by atoms with Gasteiger partial charge in [0.15, 0.2) is 0 Å². The largest absolute Gasteiger partial charge is 0.480 e. The molecule has 5 heteroatoms. The van der Waals surface area contributed by atoms with Crippen LogP contribution in [0.2, 0.25) is 0 Å². The van der Waals surface area contributed by atoms with E-state index in [0.717, 1.165) is 25.8 Å². The maximum atomic E-state index is 10.3. The Labute approximate surface area is 78.4 Å². The molecule has 2 N–H and O–H groups in total. The summed E-state index contributed by atoms with van der Waals surface area (Å²) in [6.07, 6.45) is 2.95. The molecule has 1 saturated heterocycles. The fourth-order valence-corrected chi connectivity index (χ4v) is 1.06. The van der Waals surface area contributed by atoms with Crippen molar-refractivity contribution in [3.05, 3.63) is 0 Å². The smallest absolute Gasteiger partial charge is 0.320 e. The van der Waals surface area contributed by atoms with Crippen molar-refractivity contribution >= 4 is 30.8 Å². The summed E-state index contributed by atoms with van der Waals surface area (Å²) < 4.78 is 0. The summed E-state index contributed by atoms with van der Waals surface area (Å²) >= 11 is 0. The van der Waals surface area contributed by atoms with Gasteiger partial charge in [0.05, 0.1) is 0 Å². The third-order valence-corrected chi connectivity index (χ3v) is 1.61. The van der Waals surface area contributed by atoms with Crippen LogP contribution in [0.1, 0.15) is 19.3 Å². The molecule has 1 fully saturated rings. The number of rotatable bonds is 1. The van der Waals surface area contributed by atoms with Gasteiger partial charge in [0, 0.05) is 0 Å². The Hall–Kier alpha value is 0.01000. The van der Waals surface area contributed by atoms with E-state index < -0.39 is 5.97 Å². The number of hydrogen-bond acceptors (Lipinski definition) is 2. The van der Waals surface area contributed by atoms with Crippen LogP contribution in [0.4, 0.5) is 0 Å². The van der Waals surface area contributed by atoms with Crippen LogP contribution in [0.15, 0.2) is 0 Å². The van der Waals surface area contributed by atoms with Crippen molar-refractivity contribution in [2.75, 3.05) is 6.54 Å². The van der Waals surface area contributed by atoms with Crippen molar-refractivity contribution in [3.63, 3.8) is 0 Å². The molecule has 1 heterocycles. The van der Waals surface area contributed by atoms with E-state index in [-0.39, 0.29) is 30.9 Å². The Bertz CT molecular complexity index is 115. The van der Waals surface area contributed by atoms with Crippen LogP contribution >= 0.6 is 24.8 Å². The van der Waals surface area contributed by atoms with Gasteiger partial charge in [-0.15, -0.1) is 24.8 Å². The van der Waals surface area contributed by atoms with Gasteiger partial charge in [0.25, 0.3) is 0 Å². The number of carbonyl (C=O) groups is 1. The molecule has 0 spiro atoms. The van der Waals surface area contributed by atoms with Crippen LogP contribution in [0, 0.1) is 0 Å². The summed E-state index contributed by atoms with van der Waals surface area (Å²) in [5.41, 5.74) is 0. The summed E-state index contributed by atoms with van der Waals surface area (Å²) in [5, 5.41) is 11.4. The topological polar surface area (TPSA) is 49.3 Å². The van der Waals surface area contributed by atoms with Crippen LogP contribution in [0.5, 0.6) is 0 Å². The predicted molar refractivity (Wildman–Crippen MR) is 47.8 cm³/mol. The highest BCUT2D eigenvalue weighted by Gasteiger charge is 2.18. The molecular weight excluding hydrogens is 189 g/mol. The van der Waals surface area contributed by atoms with Gasteiger partial charge in [-0.2, -0.15) is 0 Å². The number of aliphatic carboxylic acids is 1. The van der Waals surface area contributed by atoms with Gasteiger partial charge in [-0.3, -0.25) is 4.79 Å². The average Bonchev–Trinajstić information content (AvgIpc) is 1.90. The molecule has 0 radical (unpaired) electrons. The number of carboxylic acid groups (broad SMARTS) is 1. The normalized spacial score (nSPS) is 22.7. The fourth-order valence-electron chi connectivity index (χ4n) is 1.06. The zero-order valence-corrected chi connectivity index (χ0v) is 7.71. The number of nitrogens with one attached hydrogen (secondary N) is 1. The van der Waals surface area contributed by atoms with Crippen molar-refractivity contribution in [1.29, 1.82) is 0 Å². The standard InChI is InChI=1S/C6H11NO2.2ClH/c8-6(9)5-3-1-2-4-7-5;;/h5,7H,1-4H2,(H,8,9);2*1H. The summed E-state index contributed by atoms with van der Waals surface area (Å²) in [7, 11) is 0. The Kier molecular flexibility index (Phi) is 8.28. The molecule has 0 saturated carbocycles. The van der Waals surface area contributed by atoms with Gasteiger partial charge in [-0.05, 0) is 19.4 Å². The fraction of sp³-hybridized carbons (Fsp3) is 0.833. The van der Waals surface area contributed by atoms with Crippen LogP contribution in [-0.4, -0.2) is 23.7 Å². The number of hydrogen-bond donors (Lipinski definition) is 2. The lowest BCUT2D eigenvalue weighted by Crippen LogP contribution is -2.40. The zero-order valence-electron chi connectivity index (χ0n) is 6.08. The van der Waals surface area contributed by atoms with Gasteiger partial charge in [0.2, 0.25) is 0 Å². The van der Waals surface area contributed by atoms with Gasteiger partial charge < -0.3 is 10.4 Å². The van der Waals surface area contributed by atoms with Gasteiger partial charge in [0.1, 0.15) is 6.04 Å². The first kappa shape index (κ1) is 13.6. The lowest BCUT2D eigenvalue weighted by molar-refractivity contribution is -0.140. The summed E-state index contributed by atoms with van der Waals surface area (Å²) in [6, 6.07) is -0.279. The van der Waals surface area contributed by atoms with Gasteiger partial charge in [-0.1, -0.05) is 6.42 Å². The van der Waals surface area contributed by atoms with Gasteiger partial charge >= 0.3 is 5.97 Å². The molecule has 1 atom stereocenters. The van der Waals surface area contributed by atoms with Crippen molar-refractivity contribution < 1.29 is 9.90 Å². The monoisotopic (exact) mass is 201 g/mol. The van der Waals surface area contributed by atoms with Gasteiger partial charge in [-0.25, -0.2) is 0 Å². The molecular formula is C6H13Cl2NO2. The molecule has 0 amide bonds. The van der Waals surface area contributed by atoms with E-state index in [0.29, 0.717) is 0 Å². The van der Waals surface area contributed by atoms with E-state index in [1.807, 2.05) is 0 Å². The van der Waals surface area contributed by atoms with Crippen LogP contribution in [-0.2, 0) is 4.79 Å². The van der Waals surface area contributed by atoms with Crippen molar-refractivity contribution in [2.45, 2.75) is 25.3 Å². The molecule has 0 bridgehead atoms. The molecule has 1 rings (SSSR count). The molecule has 1 unspecified atom stereocenters. The van der Waals surface area contributed by atoms with Crippen LogP contribution in [0.3, 0.4) is 0 Å². The lowest BCUT2D eigenvalue weighted by atomic mass is 10.1. The summed E-state index contributed by atoms with van der Waals surface area (Å²) in [4.78, 5) is 10.3. The second-order valence-corrected chi connectivity index (χ2v) is 2.34. The van der Waals surface area contributed by atoms with E-state index in [1.165, 1.54) is 0 Å². The second kappa shape index (κ2) is 6.70. The first-order valence-electron chi connectivity index (χ1n) is 3.27. The summed E-state index contributed by atoms with van der Waals surface area (Å²) in [5.74, 6) is -0.713. The molecule has 1 aliphatic rings. The highest BCUT2D eigenvalue weighted by molar-refractivity contribution is 5.85. The van der Waals surface area contributed by atoms with Crippen molar-refractivity contribution in [2.24, 2.45) is 0 Å². The quantitative estimate of drug-likeness (QED) is 0.668. The Morgan fingerprint density at radius 3 is 2.27 bits per heavy atom. The first-order valence-corrected chi connectivity index (χ1v) is 3.27. The molecule has 68 valence electrons. The Balaban J connectivity index is 0. The molecule has 3 nitrogen and oxygen atoms in total. The maximum Gasteiger partial charge on any atom is 0.320 e. The minimum absolute atomic E-state index is 0. The number of halogens is 2. The number of piperidine rings is 1. The zero-order chi connectivity index (χ0) is 6.69. The highest BCUT2D eigenvalue weighted by atomic mass is 35.5. The van der Waals surface area contributed by atoms with E-state index in [9.17, 15) is 4.79 Å². The SMILES string of the molecule is Cl.Cl.O=C(O)C1CCCCN1. The molecule has 1 aliphatic heterocycles. The maximum absolute atomic E-state index is 10.3. The van der Waals surface area contributed by atoms with Crippen LogP contribution < -0.4 is 5.32 Å². The minimum Gasteiger partial charge on any atom is -0.480 e. The Morgan fingerprint density at radius 2 is 2.00 bits per heavy atom. The van der Waals surface area contributed by atoms with E-state index in [2.05, 4.69) is 5.32 Å². The molecule has 0 aromatic heterocycles. The summed E-state index contributed by atoms with van der Waals surface area (Å²) in [6.45, 7) is 0.858. The third kappa shape index (κ3) is 4.45. The highest BCUT2D eigenvalue weighted by Crippen LogP contribution is 2.05. The van der Waals surface area contributed by atoms with E-state index in [4.69, 9.17) is 5.11 Å².